The van der Waals surface area contributed by atoms with Crippen molar-refractivity contribution in [1.82, 2.24) is 14.7 Å². The summed E-state index contributed by atoms with van der Waals surface area (Å²) in [4.78, 5) is 27.6. The summed E-state index contributed by atoms with van der Waals surface area (Å²) >= 11 is 0.738. The van der Waals surface area contributed by atoms with Gasteiger partial charge in [-0.1, -0.05) is 36.4 Å². The van der Waals surface area contributed by atoms with Crippen LogP contribution in [0.4, 0.5) is 13.2 Å². The van der Waals surface area contributed by atoms with Crippen LogP contribution in [-0.2, 0) is 6.18 Å². The number of hydrogen-bond acceptors (Lipinski definition) is 5. The van der Waals surface area contributed by atoms with Gasteiger partial charge in [-0.2, -0.15) is 17.5 Å². The lowest BCUT2D eigenvalue weighted by Gasteiger charge is -2.13. The monoisotopic (exact) mass is 471 g/mol. The second kappa shape index (κ2) is 8.62. The first kappa shape index (κ1) is 22.4. The van der Waals surface area contributed by atoms with E-state index in [1.807, 2.05) is 6.07 Å². The molecule has 4 aromatic rings. The number of hydrogen-bond donors (Lipinski definition) is 2. The summed E-state index contributed by atoms with van der Waals surface area (Å²) < 4.78 is 42.5. The van der Waals surface area contributed by atoms with Crippen molar-refractivity contribution < 1.29 is 27.9 Å². The Kier molecular flexibility index (Phi) is 5.86. The van der Waals surface area contributed by atoms with Crippen LogP contribution in [0.3, 0.4) is 0 Å². The van der Waals surface area contributed by atoms with E-state index < -0.39 is 29.7 Å². The van der Waals surface area contributed by atoms with Gasteiger partial charge in [0.2, 0.25) is 5.01 Å². The molecule has 0 fully saturated rings. The lowest BCUT2D eigenvalue weighted by molar-refractivity contribution is -0.137. The Bertz CT molecular complexity index is 1350. The van der Waals surface area contributed by atoms with Gasteiger partial charge in [-0.15, -0.1) is 0 Å². The van der Waals surface area contributed by atoms with Crippen LogP contribution in [0, 0.1) is 0 Å². The molecule has 0 bridgehead atoms. The average Bonchev–Trinajstić information content (AvgIpc) is 3.29. The Morgan fingerprint density at radius 3 is 2.42 bits per heavy atom. The normalized spacial score (nSPS) is 12.5. The van der Waals surface area contributed by atoms with Crippen LogP contribution in [0.1, 0.15) is 44.5 Å². The summed E-state index contributed by atoms with van der Waals surface area (Å²) in [5.41, 5.74) is 1.02. The van der Waals surface area contributed by atoms with Gasteiger partial charge < -0.3 is 10.4 Å². The molecule has 33 heavy (non-hydrogen) atoms. The quantitative estimate of drug-likeness (QED) is 0.397. The fraction of sp³-hybridized carbons (Fsp3) is 0.130. The third-order valence-corrected chi connectivity index (χ3v) is 5.74. The number of fused-ring (bicyclic) bond motifs is 1. The topological polar surface area (TPSA) is 92.2 Å². The molecule has 4 rings (SSSR count). The van der Waals surface area contributed by atoms with E-state index in [-0.39, 0.29) is 10.8 Å². The zero-order valence-electron chi connectivity index (χ0n) is 17.1. The first-order chi connectivity index (χ1) is 15.6. The number of carboxylic acid groups (broad SMARTS) is 1. The van der Waals surface area contributed by atoms with Crippen LogP contribution < -0.4 is 5.32 Å². The van der Waals surface area contributed by atoms with Crippen molar-refractivity contribution in [3.63, 3.8) is 0 Å². The van der Waals surface area contributed by atoms with E-state index in [4.69, 9.17) is 5.11 Å². The smallest absolute Gasteiger partial charge is 0.416 e. The first-order valence-electron chi connectivity index (χ1n) is 9.71. The second-order valence-corrected chi connectivity index (χ2v) is 8.03. The highest BCUT2D eigenvalue weighted by atomic mass is 32.1. The van der Waals surface area contributed by atoms with Gasteiger partial charge in [0.1, 0.15) is 0 Å². The molecular formula is C23H16F3N3O3S. The Labute approximate surface area is 189 Å². The van der Waals surface area contributed by atoms with E-state index >= 15 is 0 Å². The first-order valence-corrected chi connectivity index (χ1v) is 10.5. The van der Waals surface area contributed by atoms with E-state index in [1.165, 1.54) is 12.1 Å². The molecule has 168 valence electrons. The average molecular weight is 471 g/mol. The maximum Gasteiger partial charge on any atom is 0.416 e. The second-order valence-electron chi connectivity index (χ2n) is 7.27. The number of carbonyl (C=O) groups is 2. The van der Waals surface area contributed by atoms with Crippen LogP contribution in [0.25, 0.3) is 21.9 Å². The van der Waals surface area contributed by atoms with Crippen molar-refractivity contribution in [1.29, 1.82) is 0 Å². The predicted molar refractivity (Wildman–Crippen MR) is 117 cm³/mol. The van der Waals surface area contributed by atoms with E-state index in [0.29, 0.717) is 11.1 Å². The minimum atomic E-state index is -4.40. The molecule has 1 aromatic heterocycles. The Morgan fingerprint density at radius 1 is 1.06 bits per heavy atom. The largest absolute Gasteiger partial charge is 0.476 e. The highest BCUT2D eigenvalue weighted by Crippen LogP contribution is 2.33. The Hall–Kier alpha value is -3.79. The van der Waals surface area contributed by atoms with Crippen molar-refractivity contribution in [2.45, 2.75) is 19.1 Å². The van der Waals surface area contributed by atoms with E-state index in [2.05, 4.69) is 14.7 Å². The molecule has 0 saturated carbocycles. The third-order valence-electron chi connectivity index (χ3n) is 5.03. The van der Waals surface area contributed by atoms with Crippen LogP contribution in [0.5, 0.6) is 0 Å². The number of rotatable bonds is 5. The number of carboxylic acids is 1. The maximum absolute atomic E-state index is 12.9. The summed E-state index contributed by atoms with van der Waals surface area (Å²) in [6.07, 6.45) is -4.40. The SMILES string of the molecule is CC(NC(=O)c1ccc2c(-c3ccc(C(F)(F)F)cc3)cccc2c1)c1nsc(C(=O)O)n1. The molecule has 1 atom stereocenters. The van der Waals surface area contributed by atoms with Gasteiger partial charge >= 0.3 is 12.1 Å². The molecule has 0 aliphatic rings. The third kappa shape index (κ3) is 4.70. The van der Waals surface area contributed by atoms with Crippen molar-refractivity contribution in [2.75, 3.05) is 0 Å². The Balaban J connectivity index is 1.58. The molecule has 1 unspecified atom stereocenters. The molecule has 3 aromatic carbocycles. The summed E-state index contributed by atoms with van der Waals surface area (Å²) in [5, 5.41) is 13.1. The van der Waals surface area contributed by atoms with E-state index in [1.54, 1.807) is 37.3 Å². The molecule has 0 radical (unpaired) electrons. The molecule has 6 nitrogen and oxygen atoms in total. The maximum atomic E-state index is 12.9. The molecule has 1 amide bonds. The zero-order valence-corrected chi connectivity index (χ0v) is 17.9. The molecule has 2 N–H and O–H groups in total. The van der Waals surface area contributed by atoms with E-state index in [0.717, 1.165) is 40.0 Å². The fourth-order valence-electron chi connectivity index (χ4n) is 3.36. The van der Waals surface area contributed by atoms with Gasteiger partial charge in [-0.05, 0) is 64.6 Å². The predicted octanol–water partition coefficient (Wildman–Crippen LogP) is 5.57. The molecule has 10 heteroatoms. The number of halogens is 3. The molecule has 0 aliphatic heterocycles. The van der Waals surface area contributed by atoms with Gasteiger partial charge in [-0.3, -0.25) is 4.79 Å². The number of benzene rings is 3. The molecule has 0 aliphatic carbocycles. The van der Waals surface area contributed by atoms with Gasteiger partial charge in [0.25, 0.3) is 5.91 Å². The van der Waals surface area contributed by atoms with Crippen molar-refractivity contribution in [3.05, 3.63) is 82.6 Å². The minimum absolute atomic E-state index is 0.160. The highest BCUT2D eigenvalue weighted by molar-refractivity contribution is 7.07. The van der Waals surface area contributed by atoms with Crippen LogP contribution in [0.2, 0.25) is 0 Å². The minimum Gasteiger partial charge on any atom is -0.476 e. The lowest BCUT2D eigenvalue weighted by atomic mass is 9.96. The van der Waals surface area contributed by atoms with Crippen LogP contribution >= 0.6 is 11.5 Å². The van der Waals surface area contributed by atoms with Crippen molar-refractivity contribution >= 4 is 34.2 Å². The van der Waals surface area contributed by atoms with Gasteiger partial charge in [0, 0.05) is 5.56 Å². The number of aromatic carboxylic acids is 1. The summed E-state index contributed by atoms with van der Waals surface area (Å²) in [6, 6.07) is 14.8. The zero-order chi connectivity index (χ0) is 23.8. The Morgan fingerprint density at radius 2 is 1.79 bits per heavy atom. The number of carbonyl (C=O) groups excluding carboxylic acids is 1. The number of nitrogens with zero attached hydrogens (tertiary/aromatic N) is 2. The highest BCUT2D eigenvalue weighted by Gasteiger charge is 2.30. The number of alkyl halides is 3. The number of amides is 1. The molecule has 0 saturated heterocycles. The van der Waals surface area contributed by atoms with Gasteiger partial charge in [0.15, 0.2) is 5.82 Å². The summed E-state index contributed by atoms with van der Waals surface area (Å²) in [5.74, 6) is -1.37. The van der Waals surface area contributed by atoms with E-state index in [9.17, 15) is 22.8 Å². The number of aromatic nitrogens is 2. The van der Waals surface area contributed by atoms with Crippen molar-refractivity contribution in [2.24, 2.45) is 0 Å². The standard InChI is InChI=1S/C23H16F3N3O3S/c1-12(19-28-21(22(31)32)33-29-19)27-20(30)15-7-10-18-14(11-15)3-2-4-17(18)13-5-8-16(9-6-13)23(24,25)26/h2-12H,1H3,(H,27,30)(H,31,32). The van der Waals surface area contributed by atoms with Crippen molar-refractivity contribution in [3.8, 4) is 11.1 Å². The number of nitrogens with one attached hydrogen (secondary N) is 1. The van der Waals surface area contributed by atoms with Gasteiger partial charge in [-0.25, -0.2) is 9.78 Å². The summed E-state index contributed by atoms with van der Waals surface area (Å²) in [6.45, 7) is 1.65. The summed E-state index contributed by atoms with van der Waals surface area (Å²) in [7, 11) is 0. The lowest BCUT2D eigenvalue weighted by Crippen LogP contribution is -2.27. The fourth-order valence-corrected chi connectivity index (χ4v) is 3.95. The molecule has 0 spiro atoms. The van der Waals surface area contributed by atoms with Crippen LogP contribution in [-0.4, -0.2) is 26.3 Å². The van der Waals surface area contributed by atoms with Crippen LogP contribution in [0.15, 0.2) is 60.7 Å². The van der Waals surface area contributed by atoms with Gasteiger partial charge in [0.05, 0.1) is 11.6 Å². The molecular weight excluding hydrogens is 455 g/mol. The molecule has 1 heterocycles.